The molecule has 0 radical (unpaired) electrons. The van der Waals surface area contributed by atoms with Crippen molar-refractivity contribution in [2.45, 2.75) is 25.8 Å². The first-order valence-corrected chi connectivity index (χ1v) is 5.15. The summed E-state index contributed by atoms with van der Waals surface area (Å²) in [7, 11) is 0. The molecule has 3 N–H and O–H groups in total. The number of ketones is 1. The largest absolute Gasteiger partial charge is 0.480 e. The van der Waals surface area contributed by atoms with Crippen molar-refractivity contribution in [1.82, 2.24) is 0 Å². The zero-order chi connectivity index (χ0) is 12.1. The van der Waals surface area contributed by atoms with Gasteiger partial charge in [-0.2, -0.15) is 0 Å². The summed E-state index contributed by atoms with van der Waals surface area (Å²) in [6.45, 7) is 1.95. The number of carbonyl (C=O) groups is 2. The fourth-order valence-corrected chi connectivity index (χ4v) is 1.50. The van der Waals surface area contributed by atoms with Crippen molar-refractivity contribution in [3.05, 3.63) is 35.4 Å². The molecular weight excluding hydrogens is 206 g/mol. The third-order valence-electron chi connectivity index (χ3n) is 2.42. The highest BCUT2D eigenvalue weighted by Crippen LogP contribution is 2.12. The van der Waals surface area contributed by atoms with Gasteiger partial charge < -0.3 is 10.8 Å². The number of nitrogens with two attached hydrogens (primary N) is 1. The van der Waals surface area contributed by atoms with Gasteiger partial charge in [-0.05, 0) is 12.0 Å². The minimum Gasteiger partial charge on any atom is -0.480 e. The summed E-state index contributed by atoms with van der Waals surface area (Å²) in [6, 6.07) is 6.05. The molecule has 0 amide bonds. The molecule has 0 saturated carbocycles. The summed E-state index contributed by atoms with van der Waals surface area (Å²) >= 11 is 0. The molecular formula is C12H15NO3. The maximum Gasteiger partial charge on any atom is 0.320 e. The van der Waals surface area contributed by atoms with Gasteiger partial charge in [0, 0.05) is 12.0 Å². The summed E-state index contributed by atoms with van der Waals surface area (Å²) in [5.41, 5.74) is 6.82. The number of Topliss-reactive ketones (excluding diaryl/α,β-unsaturated/α-hetero) is 1. The highest BCUT2D eigenvalue weighted by molar-refractivity contribution is 5.99. The Balaban J connectivity index is 2.84. The van der Waals surface area contributed by atoms with Crippen LogP contribution in [0.5, 0.6) is 0 Å². The number of aliphatic carboxylic acids is 1. The summed E-state index contributed by atoms with van der Waals surface area (Å²) in [5, 5.41) is 8.63. The molecule has 1 aromatic carbocycles. The lowest BCUT2D eigenvalue weighted by atomic mass is 9.98. The van der Waals surface area contributed by atoms with Crippen LogP contribution in [-0.4, -0.2) is 22.9 Å². The topological polar surface area (TPSA) is 80.4 Å². The van der Waals surface area contributed by atoms with Crippen molar-refractivity contribution < 1.29 is 14.7 Å². The first-order chi connectivity index (χ1) is 7.56. The molecule has 86 valence electrons. The quantitative estimate of drug-likeness (QED) is 0.733. The van der Waals surface area contributed by atoms with E-state index in [4.69, 9.17) is 10.8 Å². The van der Waals surface area contributed by atoms with Crippen LogP contribution in [0.2, 0.25) is 0 Å². The average molecular weight is 221 g/mol. The van der Waals surface area contributed by atoms with Crippen molar-refractivity contribution >= 4 is 11.8 Å². The summed E-state index contributed by atoms with van der Waals surface area (Å²) in [5.74, 6) is -1.37. The van der Waals surface area contributed by atoms with Crippen molar-refractivity contribution in [3.63, 3.8) is 0 Å². The minimum absolute atomic E-state index is 0.160. The molecule has 4 nitrogen and oxygen atoms in total. The van der Waals surface area contributed by atoms with Crippen LogP contribution < -0.4 is 5.73 Å². The molecule has 1 unspecified atom stereocenters. The van der Waals surface area contributed by atoms with Crippen molar-refractivity contribution in [1.29, 1.82) is 0 Å². The molecule has 1 rings (SSSR count). The van der Waals surface area contributed by atoms with Gasteiger partial charge in [0.1, 0.15) is 6.04 Å². The Labute approximate surface area is 94.1 Å². The van der Waals surface area contributed by atoms with E-state index in [1.54, 1.807) is 12.1 Å². The number of rotatable bonds is 5. The van der Waals surface area contributed by atoms with E-state index >= 15 is 0 Å². The van der Waals surface area contributed by atoms with E-state index in [0.29, 0.717) is 5.56 Å². The Bertz CT molecular complexity index is 401. The van der Waals surface area contributed by atoms with Crippen molar-refractivity contribution in [2.24, 2.45) is 5.73 Å². The fraction of sp³-hybridized carbons (Fsp3) is 0.333. The van der Waals surface area contributed by atoms with Crippen molar-refractivity contribution in [3.8, 4) is 0 Å². The third kappa shape index (κ3) is 2.90. The Morgan fingerprint density at radius 2 is 2.00 bits per heavy atom. The minimum atomic E-state index is -1.15. The first kappa shape index (κ1) is 12.4. The van der Waals surface area contributed by atoms with Gasteiger partial charge in [-0.25, -0.2) is 0 Å². The predicted octanol–water partition coefficient (Wildman–Crippen LogP) is 1.23. The first-order valence-electron chi connectivity index (χ1n) is 5.15. The molecule has 0 saturated heterocycles. The van der Waals surface area contributed by atoms with Gasteiger partial charge >= 0.3 is 5.97 Å². The molecule has 1 aromatic rings. The van der Waals surface area contributed by atoms with E-state index in [-0.39, 0.29) is 12.2 Å². The SMILES string of the molecule is CCc1ccccc1C(=O)CC(N)C(=O)O. The maximum atomic E-state index is 11.8. The van der Waals surface area contributed by atoms with Crippen LogP contribution in [0.25, 0.3) is 0 Å². The molecule has 0 spiro atoms. The van der Waals surface area contributed by atoms with E-state index in [1.807, 2.05) is 19.1 Å². The number of hydrogen-bond acceptors (Lipinski definition) is 3. The van der Waals surface area contributed by atoms with Crippen molar-refractivity contribution in [2.75, 3.05) is 0 Å². The predicted molar refractivity (Wildman–Crippen MR) is 60.4 cm³/mol. The van der Waals surface area contributed by atoms with Crippen LogP contribution in [0, 0.1) is 0 Å². The molecule has 0 heterocycles. The number of carbonyl (C=O) groups excluding carboxylic acids is 1. The number of aryl methyl sites for hydroxylation is 1. The van der Waals surface area contributed by atoms with E-state index in [9.17, 15) is 9.59 Å². The number of carboxylic acid groups (broad SMARTS) is 1. The highest BCUT2D eigenvalue weighted by Gasteiger charge is 2.18. The molecule has 4 heteroatoms. The normalized spacial score (nSPS) is 12.1. The Morgan fingerprint density at radius 1 is 1.38 bits per heavy atom. The van der Waals surface area contributed by atoms with Gasteiger partial charge in [0.05, 0.1) is 0 Å². The van der Waals surface area contributed by atoms with Gasteiger partial charge in [0.2, 0.25) is 0 Å². The highest BCUT2D eigenvalue weighted by atomic mass is 16.4. The van der Waals surface area contributed by atoms with E-state index in [0.717, 1.165) is 12.0 Å². The Kier molecular flexibility index (Phi) is 4.19. The lowest BCUT2D eigenvalue weighted by molar-refractivity contribution is -0.138. The van der Waals surface area contributed by atoms with Crippen LogP contribution in [0.4, 0.5) is 0 Å². The van der Waals surface area contributed by atoms with Crippen LogP contribution in [0.15, 0.2) is 24.3 Å². The smallest absolute Gasteiger partial charge is 0.320 e. The summed E-state index contributed by atoms with van der Waals surface area (Å²) in [6.07, 6.45) is 0.580. The summed E-state index contributed by atoms with van der Waals surface area (Å²) < 4.78 is 0. The number of carboxylic acids is 1. The van der Waals surface area contributed by atoms with Crippen LogP contribution in [0.1, 0.15) is 29.3 Å². The van der Waals surface area contributed by atoms with Crippen LogP contribution >= 0.6 is 0 Å². The zero-order valence-corrected chi connectivity index (χ0v) is 9.14. The molecule has 0 bridgehead atoms. The van der Waals surface area contributed by atoms with Crippen LogP contribution in [-0.2, 0) is 11.2 Å². The lowest BCUT2D eigenvalue weighted by Crippen LogP contribution is -2.32. The van der Waals surface area contributed by atoms with E-state index in [2.05, 4.69) is 0 Å². The third-order valence-corrected chi connectivity index (χ3v) is 2.42. The number of hydrogen-bond donors (Lipinski definition) is 2. The molecule has 1 atom stereocenters. The van der Waals surface area contributed by atoms with Gasteiger partial charge in [0.15, 0.2) is 5.78 Å². The summed E-state index contributed by atoms with van der Waals surface area (Å²) in [4.78, 5) is 22.3. The molecule has 0 aliphatic rings. The molecule has 0 aromatic heterocycles. The lowest BCUT2D eigenvalue weighted by Gasteiger charge is -2.08. The number of benzene rings is 1. The Hall–Kier alpha value is -1.68. The zero-order valence-electron chi connectivity index (χ0n) is 9.14. The Morgan fingerprint density at radius 3 is 2.56 bits per heavy atom. The average Bonchev–Trinajstić information content (AvgIpc) is 2.28. The molecule has 16 heavy (non-hydrogen) atoms. The van der Waals surface area contributed by atoms with E-state index in [1.165, 1.54) is 0 Å². The fourth-order valence-electron chi connectivity index (χ4n) is 1.50. The van der Waals surface area contributed by atoms with E-state index < -0.39 is 12.0 Å². The van der Waals surface area contributed by atoms with Gasteiger partial charge in [-0.3, -0.25) is 9.59 Å². The maximum absolute atomic E-state index is 11.8. The van der Waals surface area contributed by atoms with Crippen LogP contribution in [0.3, 0.4) is 0 Å². The standard InChI is InChI=1S/C12H15NO3/c1-2-8-5-3-4-6-9(8)11(14)7-10(13)12(15)16/h3-6,10H,2,7,13H2,1H3,(H,15,16). The second-order valence-electron chi connectivity index (χ2n) is 3.58. The van der Waals surface area contributed by atoms with Gasteiger partial charge in [-0.1, -0.05) is 31.2 Å². The second kappa shape index (κ2) is 5.42. The molecule has 0 aliphatic heterocycles. The molecule has 0 aliphatic carbocycles. The van der Waals surface area contributed by atoms with Gasteiger partial charge in [0.25, 0.3) is 0 Å². The van der Waals surface area contributed by atoms with Gasteiger partial charge in [-0.15, -0.1) is 0 Å². The monoisotopic (exact) mass is 221 g/mol. The second-order valence-corrected chi connectivity index (χ2v) is 3.58. The molecule has 0 fully saturated rings.